The number of rotatable bonds is 2. The van der Waals surface area contributed by atoms with Gasteiger partial charge in [0.25, 0.3) is 5.91 Å². The Balaban J connectivity index is 1.77. The lowest BCUT2D eigenvalue weighted by atomic mass is 10.1. The molecule has 0 radical (unpaired) electrons. The quantitative estimate of drug-likeness (QED) is 0.847. The van der Waals surface area contributed by atoms with Crippen LogP contribution in [-0.2, 0) is 4.79 Å². The highest BCUT2D eigenvalue weighted by molar-refractivity contribution is 6.01. The first-order valence-corrected chi connectivity index (χ1v) is 7.92. The number of hydrogen-bond donors (Lipinski definition) is 0. The predicted octanol–water partition coefficient (Wildman–Crippen LogP) is 1.97. The Labute approximate surface area is 141 Å². The molecular weight excluding hydrogens is 304 g/mol. The average Bonchev–Trinajstić information content (AvgIpc) is 2.57. The number of piperazine rings is 1. The summed E-state index contributed by atoms with van der Waals surface area (Å²) in [5.74, 6) is 0.317. The van der Waals surface area contributed by atoms with E-state index in [4.69, 9.17) is 0 Å². The lowest BCUT2D eigenvalue weighted by Crippen LogP contribution is -2.57. The normalized spacial score (nSPS) is 18.0. The fourth-order valence-corrected chi connectivity index (χ4v) is 2.77. The van der Waals surface area contributed by atoms with Gasteiger partial charge in [-0.2, -0.15) is 0 Å². The van der Waals surface area contributed by atoms with E-state index in [0.717, 1.165) is 11.3 Å². The minimum absolute atomic E-state index is 0.0573. The van der Waals surface area contributed by atoms with Gasteiger partial charge in [0, 0.05) is 30.7 Å². The number of amides is 2. The van der Waals surface area contributed by atoms with E-state index in [-0.39, 0.29) is 24.4 Å². The first-order valence-electron chi connectivity index (χ1n) is 7.92. The Bertz CT molecular complexity index is 756. The molecule has 6 heteroatoms. The molecule has 6 nitrogen and oxygen atoms in total. The van der Waals surface area contributed by atoms with E-state index >= 15 is 0 Å². The van der Waals surface area contributed by atoms with Crippen LogP contribution in [0.25, 0.3) is 0 Å². The lowest BCUT2D eigenvalue weighted by molar-refractivity contribution is -0.121. The third-order valence-electron chi connectivity index (χ3n) is 4.22. The molecule has 2 heterocycles. The number of carbonyl (C=O) groups excluding carboxylic acids is 2. The van der Waals surface area contributed by atoms with Crippen LogP contribution in [0.1, 0.15) is 28.7 Å². The molecule has 3 rings (SSSR count). The van der Waals surface area contributed by atoms with Crippen LogP contribution in [0, 0.1) is 13.8 Å². The van der Waals surface area contributed by atoms with Gasteiger partial charge in [-0.15, -0.1) is 0 Å². The molecule has 24 heavy (non-hydrogen) atoms. The van der Waals surface area contributed by atoms with E-state index in [9.17, 15) is 9.59 Å². The Kier molecular flexibility index (Phi) is 4.29. The van der Waals surface area contributed by atoms with Crippen molar-refractivity contribution in [2.24, 2.45) is 0 Å². The average molecular weight is 324 g/mol. The van der Waals surface area contributed by atoms with Crippen LogP contribution in [0.4, 0.5) is 5.69 Å². The number of aromatic nitrogens is 2. The molecule has 0 unspecified atom stereocenters. The fraction of sp³-hybridized carbons (Fsp3) is 0.333. The minimum Gasteiger partial charge on any atom is -0.325 e. The van der Waals surface area contributed by atoms with Gasteiger partial charge < -0.3 is 9.80 Å². The molecule has 124 valence electrons. The van der Waals surface area contributed by atoms with E-state index < -0.39 is 0 Å². The van der Waals surface area contributed by atoms with Crippen molar-refractivity contribution >= 4 is 17.5 Å². The summed E-state index contributed by atoms with van der Waals surface area (Å²) in [4.78, 5) is 36.6. The highest BCUT2D eigenvalue weighted by Crippen LogP contribution is 2.21. The molecule has 1 saturated heterocycles. The van der Waals surface area contributed by atoms with Crippen molar-refractivity contribution in [1.82, 2.24) is 14.9 Å². The number of benzene rings is 1. The van der Waals surface area contributed by atoms with Gasteiger partial charge in [0.05, 0.1) is 5.56 Å². The molecule has 0 bridgehead atoms. The van der Waals surface area contributed by atoms with Gasteiger partial charge in [-0.3, -0.25) is 9.59 Å². The van der Waals surface area contributed by atoms with Crippen LogP contribution in [0.3, 0.4) is 0 Å². The van der Waals surface area contributed by atoms with E-state index in [1.165, 1.54) is 12.4 Å². The second-order valence-corrected chi connectivity index (χ2v) is 6.14. The molecule has 0 aliphatic carbocycles. The molecule has 1 fully saturated rings. The summed E-state index contributed by atoms with van der Waals surface area (Å²) >= 11 is 0. The largest absolute Gasteiger partial charge is 0.325 e. The summed E-state index contributed by atoms with van der Waals surface area (Å²) in [6.45, 7) is 6.25. The standard InChI is InChI=1S/C18H20N4O2/c1-12-4-6-16(7-5-12)22-10-13(2)21(11-17(22)23)18(24)15-8-19-14(3)20-9-15/h4-9,13H,10-11H2,1-3H3/t13-/m0/s1. The van der Waals surface area contributed by atoms with Gasteiger partial charge >= 0.3 is 0 Å². The molecule has 1 aromatic carbocycles. The highest BCUT2D eigenvalue weighted by atomic mass is 16.2. The highest BCUT2D eigenvalue weighted by Gasteiger charge is 2.33. The van der Waals surface area contributed by atoms with E-state index in [2.05, 4.69) is 9.97 Å². The van der Waals surface area contributed by atoms with Crippen LogP contribution in [-0.4, -0.2) is 45.8 Å². The molecule has 0 spiro atoms. The van der Waals surface area contributed by atoms with Crippen molar-refractivity contribution in [3.05, 3.63) is 53.6 Å². The molecule has 1 aromatic heterocycles. The van der Waals surface area contributed by atoms with E-state index in [0.29, 0.717) is 17.9 Å². The minimum atomic E-state index is -0.209. The first kappa shape index (κ1) is 16.1. The van der Waals surface area contributed by atoms with Crippen LogP contribution < -0.4 is 4.90 Å². The van der Waals surface area contributed by atoms with Gasteiger partial charge in [0.15, 0.2) is 0 Å². The van der Waals surface area contributed by atoms with E-state index in [1.54, 1.807) is 16.7 Å². The van der Waals surface area contributed by atoms with Crippen molar-refractivity contribution in [3.63, 3.8) is 0 Å². The molecule has 1 aliphatic rings. The molecule has 1 aliphatic heterocycles. The van der Waals surface area contributed by atoms with Crippen LogP contribution in [0.5, 0.6) is 0 Å². The summed E-state index contributed by atoms with van der Waals surface area (Å²) in [5.41, 5.74) is 2.42. The second-order valence-electron chi connectivity index (χ2n) is 6.14. The van der Waals surface area contributed by atoms with Gasteiger partial charge in [-0.25, -0.2) is 9.97 Å². The maximum Gasteiger partial charge on any atom is 0.257 e. The zero-order chi connectivity index (χ0) is 17.3. The molecule has 2 amide bonds. The van der Waals surface area contributed by atoms with Crippen LogP contribution >= 0.6 is 0 Å². The number of carbonyl (C=O) groups is 2. The molecule has 0 N–H and O–H groups in total. The Morgan fingerprint density at radius 1 is 1.12 bits per heavy atom. The maximum atomic E-state index is 12.6. The Morgan fingerprint density at radius 3 is 2.38 bits per heavy atom. The zero-order valence-corrected chi connectivity index (χ0v) is 14.1. The van der Waals surface area contributed by atoms with Crippen molar-refractivity contribution in [3.8, 4) is 0 Å². The SMILES string of the molecule is Cc1ccc(N2C[C@H](C)N(C(=O)c3cnc(C)nc3)CC2=O)cc1. The van der Waals surface area contributed by atoms with Crippen molar-refractivity contribution in [1.29, 1.82) is 0 Å². The molecule has 2 aromatic rings. The summed E-state index contributed by atoms with van der Waals surface area (Å²) < 4.78 is 0. The topological polar surface area (TPSA) is 66.4 Å². The summed E-state index contributed by atoms with van der Waals surface area (Å²) in [7, 11) is 0. The zero-order valence-electron chi connectivity index (χ0n) is 14.1. The summed E-state index contributed by atoms with van der Waals surface area (Å²) in [6, 6.07) is 7.75. The fourth-order valence-electron chi connectivity index (χ4n) is 2.77. The van der Waals surface area contributed by atoms with Crippen LogP contribution in [0.15, 0.2) is 36.7 Å². The van der Waals surface area contributed by atoms with Gasteiger partial charge in [-0.1, -0.05) is 17.7 Å². The third-order valence-corrected chi connectivity index (χ3v) is 4.22. The monoisotopic (exact) mass is 324 g/mol. The maximum absolute atomic E-state index is 12.6. The summed E-state index contributed by atoms with van der Waals surface area (Å²) in [6.07, 6.45) is 3.02. The third kappa shape index (κ3) is 3.13. The number of anilines is 1. The Hall–Kier alpha value is -2.76. The van der Waals surface area contributed by atoms with Crippen molar-refractivity contribution < 1.29 is 9.59 Å². The molecule has 1 atom stereocenters. The lowest BCUT2D eigenvalue weighted by Gasteiger charge is -2.39. The Morgan fingerprint density at radius 2 is 1.75 bits per heavy atom. The first-order chi connectivity index (χ1) is 11.5. The van der Waals surface area contributed by atoms with Crippen molar-refractivity contribution in [2.75, 3.05) is 18.0 Å². The van der Waals surface area contributed by atoms with Crippen LogP contribution in [0.2, 0.25) is 0 Å². The van der Waals surface area contributed by atoms with E-state index in [1.807, 2.05) is 38.1 Å². The summed E-state index contributed by atoms with van der Waals surface area (Å²) in [5, 5.41) is 0. The molecule has 0 saturated carbocycles. The van der Waals surface area contributed by atoms with Gasteiger partial charge in [0.2, 0.25) is 5.91 Å². The number of aryl methyl sites for hydroxylation is 2. The predicted molar refractivity (Wildman–Crippen MR) is 90.8 cm³/mol. The van der Waals surface area contributed by atoms with Crippen molar-refractivity contribution in [2.45, 2.75) is 26.8 Å². The molecular formula is C18H20N4O2. The second kappa shape index (κ2) is 6.39. The van der Waals surface area contributed by atoms with Gasteiger partial charge in [0.1, 0.15) is 12.4 Å². The number of hydrogen-bond acceptors (Lipinski definition) is 4. The number of nitrogens with zero attached hydrogens (tertiary/aromatic N) is 4. The van der Waals surface area contributed by atoms with Gasteiger partial charge in [-0.05, 0) is 32.9 Å². The smallest absolute Gasteiger partial charge is 0.257 e.